The number of hydrogen-bond donors (Lipinski definition) is 0. The van der Waals surface area contributed by atoms with Crippen LogP contribution in [0.2, 0.25) is 0 Å². The Kier molecular flexibility index (Phi) is 17.7. The third-order valence-electron chi connectivity index (χ3n) is 3.50. The van der Waals surface area contributed by atoms with E-state index >= 15 is 0 Å². The van der Waals surface area contributed by atoms with E-state index in [1.165, 1.54) is 31.2 Å². The second-order valence-electron chi connectivity index (χ2n) is 5.90. The molecular formula is C25H27PZr. The summed E-state index contributed by atoms with van der Waals surface area (Å²) in [6.07, 6.45) is 16.5. The molecule has 0 amide bonds. The molecular weight excluding hydrogens is 422 g/mol. The molecule has 1 heterocycles. The predicted molar refractivity (Wildman–Crippen MR) is 115 cm³/mol. The van der Waals surface area contributed by atoms with Crippen LogP contribution in [0.1, 0.15) is 25.0 Å². The molecule has 0 nitrogen and oxygen atoms in total. The molecule has 0 spiro atoms. The van der Waals surface area contributed by atoms with E-state index in [0.717, 1.165) is 0 Å². The van der Waals surface area contributed by atoms with Crippen LogP contribution in [0.5, 0.6) is 0 Å². The van der Waals surface area contributed by atoms with Crippen LogP contribution in [0, 0.1) is 88.9 Å². The minimum atomic E-state index is 0. The molecule has 0 atom stereocenters. The van der Waals surface area contributed by atoms with E-state index in [1.807, 2.05) is 62.1 Å². The normalized spacial score (nSPS) is 16.1. The van der Waals surface area contributed by atoms with Crippen molar-refractivity contribution in [3.05, 3.63) is 128 Å². The van der Waals surface area contributed by atoms with Crippen LogP contribution in [-0.4, -0.2) is 0 Å². The van der Waals surface area contributed by atoms with Gasteiger partial charge in [0, 0.05) is 0 Å². The maximum Gasteiger partial charge on any atom is 2.00 e. The molecule has 0 aliphatic heterocycles. The first-order valence-electron chi connectivity index (χ1n) is 8.66. The molecule has 27 heavy (non-hydrogen) atoms. The van der Waals surface area contributed by atoms with Gasteiger partial charge in [-0.05, 0) is 63.2 Å². The van der Waals surface area contributed by atoms with Crippen molar-refractivity contribution in [2.75, 3.05) is 0 Å². The summed E-state index contributed by atoms with van der Waals surface area (Å²) in [7, 11) is 1.20. The topological polar surface area (TPSA) is 0 Å². The van der Waals surface area contributed by atoms with Gasteiger partial charge in [-0.3, -0.25) is 0 Å². The van der Waals surface area contributed by atoms with E-state index in [-0.39, 0.29) is 26.2 Å². The van der Waals surface area contributed by atoms with Crippen molar-refractivity contribution in [2.24, 2.45) is 0 Å². The van der Waals surface area contributed by atoms with Crippen LogP contribution < -0.4 is 0 Å². The fourth-order valence-electron chi connectivity index (χ4n) is 1.77. The molecule has 0 N–H and O–H groups in total. The van der Waals surface area contributed by atoms with Crippen LogP contribution in [-0.2, 0) is 26.2 Å². The molecule has 1 aromatic heterocycles. The van der Waals surface area contributed by atoms with Gasteiger partial charge in [-0.25, -0.2) is 8.19 Å². The first-order valence-corrected chi connectivity index (χ1v) is 9.63. The summed E-state index contributed by atoms with van der Waals surface area (Å²) in [6, 6.07) is 14.5. The SMILES string of the molecule is C[C]1[CH][CH][CH][CH]1.C[C]1[CH][CH][CH][CH]1.Cc1c[c-]pcc1C.[Zr+2].[c-]1ccccc1. The van der Waals surface area contributed by atoms with Crippen LogP contribution >= 0.6 is 8.19 Å². The van der Waals surface area contributed by atoms with Gasteiger partial charge < -0.3 is 0 Å². The summed E-state index contributed by atoms with van der Waals surface area (Å²) in [4.78, 5) is 0. The van der Waals surface area contributed by atoms with Gasteiger partial charge in [0.2, 0.25) is 0 Å². The van der Waals surface area contributed by atoms with Crippen molar-refractivity contribution in [1.82, 2.24) is 0 Å². The Labute approximate surface area is 189 Å². The summed E-state index contributed by atoms with van der Waals surface area (Å²) >= 11 is 0. The Morgan fingerprint density at radius 2 is 1.15 bits per heavy atom. The Hall–Kier alpha value is -0.247. The largest absolute Gasteiger partial charge is 2.00 e. The molecule has 4 rings (SSSR count). The molecule has 0 bridgehead atoms. The smallest absolute Gasteiger partial charge is 0.219 e. The van der Waals surface area contributed by atoms with E-state index < -0.39 is 0 Å². The van der Waals surface area contributed by atoms with E-state index in [9.17, 15) is 0 Å². The van der Waals surface area contributed by atoms with Crippen molar-refractivity contribution in [3.8, 4) is 0 Å². The van der Waals surface area contributed by atoms with Crippen LogP contribution in [0.3, 0.4) is 0 Å². The molecule has 0 unspecified atom stereocenters. The third kappa shape index (κ3) is 15.4. The molecule has 10 radical (unpaired) electrons. The molecule has 136 valence electrons. The molecule has 2 aliphatic rings. The number of hydrogen-bond acceptors (Lipinski definition) is 0. The first kappa shape index (κ1) is 26.8. The third-order valence-corrected chi connectivity index (χ3v) is 4.30. The number of benzene rings is 1. The minimum absolute atomic E-state index is 0. The summed E-state index contributed by atoms with van der Waals surface area (Å²) in [5.41, 5.74) is 2.72. The van der Waals surface area contributed by atoms with Gasteiger partial charge in [-0.1, -0.05) is 27.7 Å². The monoisotopic (exact) mass is 448 g/mol. The molecule has 0 saturated heterocycles. The Bertz CT molecular complexity index is 482. The van der Waals surface area contributed by atoms with Gasteiger partial charge in [0.05, 0.1) is 0 Å². The Morgan fingerprint density at radius 1 is 0.667 bits per heavy atom. The van der Waals surface area contributed by atoms with E-state index in [4.69, 9.17) is 0 Å². The average molecular weight is 450 g/mol. The van der Waals surface area contributed by atoms with Gasteiger partial charge in [0.1, 0.15) is 0 Å². The van der Waals surface area contributed by atoms with Crippen molar-refractivity contribution in [3.63, 3.8) is 0 Å². The average Bonchev–Trinajstić information content (AvgIpc) is 3.34. The zero-order valence-corrected chi connectivity index (χ0v) is 20.0. The first-order chi connectivity index (χ1) is 12.6. The maximum absolute atomic E-state index is 3.10. The summed E-state index contributed by atoms with van der Waals surface area (Å²) < 4.78 is 0. The molecule has 2 aromatic rings. The second-order valence-corrected chi connectivity index (χ2v) is 6.67. The second kappa shape index (κ2) is 17.8. The molecule has 1 aromatic carbocycles. The van der Waals surface area contributed by atoms with Crippen LogP contribution in [0.15, 0.2) is 42.2 Å². The summed E-state index contributed by atoms with van der Waals surface area (Å²) in [6.45, 7) is 8.40. The van der Waals surface area contributed by atoms with Gasteiger partial charge in [-0.2, -0.15) is 59.4 Å². The minimum Gasteiger partial charge on any atom is -0.219 e. The summed E-state index contributed by atoms with van der Waals surface area (Å²) in [5, 5.41) is 0. The van der Waals surface area contributed by atoms with Gasteiger partial charge in [0.25, 0.3) is 0 Å². The summed E-state index contributed by atoms with van der Waals surface area (Å²) in [5.74, 6) is 7.95. The molecule has 2 fully saturated rings. The number of rotatable bonds is 0. The maximum atomic E-state index is 3.10. The molecule has 2 heteroatoms. The van der Waals surface area contributed by atoms with Gasteiger partial charge >= 0.3 is 26.2 Å². The zero-order chi connectivity index (χ0) is 19.0. The number of aryl methyl sites for hydroxylation is 2. The molecule has 2 saturated carbocycles. The van der Waals surface area contributed by atoms with Crippen LogP contribution in [0.4, 0.5) is 0 Å². The zero-order valence-electron chi connectivity index (χ0n) is 16.6. The van der Waals surface area contributed by atoms with Gasteiger partial charge in [0.15, 0.2) is 0 Å². The standard InChI is InChI=1S/C7H8P.2C6H7.C6H5.Zr/c1-6-3-4-8-5-7(6)2;2*1-6-4-2-3-5-6;1-2-4-6-5-3-1;/h3,5H,1-2H3;2*2-5H,1H3;1-5H;/q-1;;;-1;+2. The van der Waals surface area contributed by atoms with E-state index in [1.54, 1.807) is 0 Å². The van der Waals surface area contributed by atoms with Gasteiger partial charge in [-0.15, -0.1) is 5.80 Å². The fraction of sp³-hybridized carbons (Fsp3) is 0.160. The van der Waals surface area contributed by atoms with E-state index in [0.29, 0.717) is 0 Å². The Morgan fingerprint density at radius 3 is 1.33 bits per heavy atom. The van der Waals surface area contributed by atoms with Crippen LogP contribution in [0.25, 0.3) is 0 Å². The van der Waals surface area contributed by atoms with Crippen molar-refractivity contribution >= 4 is 8.19 Å². The Balaban J connectivity index is 0.000000332. The van der Waals surface area contributed by atoms with Crippen molar-refractivity contribution in [2.45, 2.75) is 27.7 Å². The molecule has 2 aliphatic carbocycles. The van der Waals surface area contributed by atoms with Crippen molar-refractivity contribution < 1.29 is 26.2 Å². The van der Waals surface area contributed by atoms with Crippen molar-refractivity contribution in [1.29, 1.82) is 0 Å². The predicted octanol–water partition coefficient (Wildman–Crippen LogP) is 6.99. The van der Waals surface area contributed by atoms with E-state index in [2.05, 4.69) is 71.0 Å². The fourth-order valence-corrected chi connectivity index (χ4v) is 2.51. The quantitative estimate of drug-likeness (QED) is 0.380.